The molecule has 0 atom stereocenters. The van der Waals surface area contributed by atoms with Crippen LogP contribution < -0.4 is 0 Å². The van der Waals surface area contributed by atoms with Crippen molar-refractivity contribution < 1.29 is 4.79 Å². The molecule has 2 heteroatoms. The minimum absolute atomic E-state index is 0.123. The fraction of sp³-hybridized carbons (Fsp3) is 0.545. The first-order valence-corrected chi connectivity index (χ1v) is 4.65. The Kier molecular flexibility index (Phi) is 2.60. The van der Waals surface area contributed by atoms with Crippen molar-refractivity contribution in [1.82, 2.24) is 4.57 Å². The molecule has 0 saturated heterocycles. The lowest BCUT2D eigenvalue weighted by atomic mass is 9.89. The summed E-state index contributed by atoms with van der Waals surface area (Å²) in [7, 11) is 0. The molecule has 0 aromatic carbocycles. The maximum atomic E-state index is 10.7. The van der Waals surface area contributed by atoms with Crippen LogP contribution in [-0.2, 0) is 12.0 Å². The van der Waals surface area contributed by atoms with E-state index in [0.29, 0.717) is 0 Å². The van der Waals surface area contributed by atoms with E-state index in [1.165, 1.54) is 5.56 Å². The normalized spacial score (nSPS) is 11.7. The highest BCUT2D eigenvalue weighted by atomic mass is 16.1. The van der Waals surface area contributed by atoms with E-state index in [4.69, 9.17) is 0 Å². The standard InChI is InChI=1S/C11H17NO/c1-5-12-7-9(11(2,3)4)6-10(12)8-13/h6-8H,5H2,1-4H3. The van der Waals surface area contributed by atoms with Crippen molar-refractivity contribution in [3.63, 3.8) is 0 Å². The molecule has 1 aromatic rings. The van der Waals surface area contributed by atoms with Crippen molar-refractivity contribution in [1.29, 1.82) is 0 Å². The van der Waals surface area contributed by atoms with Crippen LogP contribution in [0.25, 0.3) is 0 Å². The second kappa shape index (κ2) is 3.36. The van der Waals surface area contributed by atoms with E-state index in [1.807, 2.05) is 17.6 Å². The van der Waals surface area contributed by atoms with E-state index in [-0.39, 0.29) is 5.41 Å². The molecule has 0 spiro atoms. The van der Waals surface area contributed by atoms with Crippen LogP contribution in [0.5, 0.6) is 0 Å². The topological polar surface area (TPSA) is 22.0 Å². The molecule has 13 heavy (non-hydrogen) atoms. The van der Waals surface area contributed by atoms with Gasteiger partial charge in [0.2, 0.25) is 0 Å². The lowest BCUT2D eigenvalue weighted by Crippen LogP contribution is -2.09. The predicted molar refractivity (Wildman–Crippen MR) is 54.2 cm³/mol. The number of carbonyl (C=O) groups excluding carboxylic acids is 1. The first-order chi connectivity index (χ1) is 5.99. The van der Waals surface area contributed by atoms with Crippen LogP contribution in [0.15, 0.2) is 12.3 Å². The van der Waals surface area contributed by atoms with Crippen molar-refractivity contribution in [3.8, 4) is 0 Å². The zero-order valence-electron chi connectivity index (χ0n) is 8.79. The Balaban J connectivity index is 3.14. The highest BCUT2D eigenvalue weighted by Crippen LogP contribution is 2.23. The van der Waals surface area contributed by atoms with Gasteiger partial charge in [-0.05, 0) is 24.0 Å². The molecule has 0 radical (unpaired) electrons. The van der Waals surface area contributed by atoms with Gasteiger partial charge in [-0.1, -0.05) is 20.8 Å². The number of aryl methyl sites for hydroxylation is 1. The lowest BCUT2D eigenvalue weighted by molar-refractivity contribution is 0.111. The van der Waals surface area contributed by atoms with Crippen LogP contribution >= 0.6 is 0 Å². The largest absolute Gasteiger partial charge is 0.345 e. The monoisotopic (exact) mass is 179 g/mol. The Bertz CT molecular complexity index is 304. The fourth-order valence-corrected chi connectivity index (χ4v) is 1.31. The maximum Gasteiger partial charge on any atom is 0.166 e. The number of nitrogens with zero attached hydrogens (tertiary/aromatic N) is 1. The molecule has 0 amide bonds. The predicted octanol–water partition coefficient (Wildman–Crippen LogP) is 2.62. The van der Waals surface area contributed by atoms with Gasteiger partial charge in [0.1, 0.15) is 0 Å². The number of aromatic nitrogens is 1. The third kappa shape index (κ3) is 2.00. The first-order valence-electron chi connectivity index (χ1n) is 4.65. The minimum atomic E-state index is 0.123. The molecule has 0 saturated carbocycles. The smallest absolute Gasteiger partial charge is 0.166 e. The van der Waals surface area contributed by atoms with E-state index in [0.717, 1.165) is 18.5 Å². The molecule has 1 rings (SSSR count). The van der Waals surface area contributed by atoms with Gasteiger partial charge in [-0.25, -0.2) is 0 Å². The number of hydrogen-bond acceptors (Lipinski definition) is 1. The van der Waals surface area contributed by atoms with Gasteiger partial charge < -0.3 is 4.57 Å². The van der Waals surface area contributed by atoms with Gasteiger partial charge in [0.25, 0.3) is 0 Å². The van der Waals surface area contributed by atoms with Gasteiger partial charge in [-0.15, -0.1) is 0 Å². The third-order valence-corrected chi connectivity index (χ3v) is 2.26. The Labute approximate surface area is 79.6 Å². The zero-order chi connectivity index (χ0) is 10.1. The molecule has 0 bridgehead atoms. The second-order valence-corrected chi connectivity index (χ2v) is 4.31. The Morgan fingerprint density at radius 2 is 2.08 bits per heavy atom. The van der Waals surface area contributed by atoms with Gasteiger partial charge in [0.15, 0.2) is 6.29 Å². The van der Waals surface area contributed by atoms with Crippen molar-refractivity contribution in [3.05, 3.63) is 23.5 Å². The average molecular weight is 179 g/mol. The first kappa shape index (κ1) is 10.0. The van der Waals surface area contributed by atoms with E-state index in [1.54, 1.807) is 0 Å². The summed E-state index contributed by atoms with van der Waals surface area (Å²) >= 11 is 0. The van der Waals surface area contributed by atoms with Crippen molar-refractivity contribution in [2.24, 2.45) is 0 Å². The molecular formula is C11H17NO. The minimum Gasteiger partial charge on any atom is -0.345 e. The molecule has 0 aliphatic rings. The van der Waals surface area contributed by atoms with Gasteiger partial charge in [-0.2, -0.15) is 0 Å². The van der Waals surface area contributed by atoms with E-state index in [2.05, 4.69) is 27.0 Å². The van der Waals surface area contributed by atoms with Gasteiger partial charge in [-0.3, -0.25) is 4.79 Å². The van der Waals surface area contributed by atoms with E-state index < -0.39 is 0 Å². The summed E-state index contributed by atoms with van der Waals surface area (Å²) in [6, 6.07) is 1.97. The highest BCUT2D eigenvalue weighted by molar-refractivity contribution is 5.73. The maximum absolute atomic E-state index is 10.7. The molecule has 0 unspecified atom stereocenters. The summed E-state index contributed by atoms with van der Waals surface area (Å²) in [5, 5.41) is 0. The van der Waals surface area contributed by atoms with Crippen LogP contribution in [0, 0.1) is 0 Å². The fourth-order valence-electron chi connectivity index (χ4n) is 1.31. The van der Waals surface area contributed by atoms with E-state index in [9.17, 15) is 4.79 Å². The molecule has 0 aliphatic heterocycles. The molecule has 1 aromatic heterocycles. The molecule has 2 nitrogen and oxygen atoms in total. The van der Waals surface area contributed by atoms with Gasteiger partial charge in [0.05, 0.1) is 5.69 Å². The van der Waals surface area contributed by atoms with Crippen LogP contribution in [0.3, 0.4) is 0 Å². The molecule has 72 valence electrons. The lowest BCUT2D eigenvalue weighted by Gasteiger charge is -2.15. The third-order valence-electron chi connectivity index (χ3n) is 2.26. The average Bonchev–Trinajstić information content (AvgIpc) is 2.45. The summed E-state index contributed by atoms with van der Waals surface area (Å²) in [6.45, 7) is 9.34. The number of hydrogen-bond donors (Lipinski definition) is 0. The number of rotatable bonds is 2. The summed E-state index contributed by atoms with van der Waals surface area (Å²) in [5.41, 5.74) is 2.11. The van der Waals surface area contributed by atoms with Crippen molar-refractivity contribution >= 4 is 6.29 Å². The Morgan fingerprint density at radius 1 is 1.46 bits per heavy atom. The van der Waals surface area contributed by atoms with Crippen molar-refractivity contribution in [2.75, 3.05) is 0 Å². The van der Waals surface area contributed by atoms with Crippen LogP contribution in [-0.4, -0.2) is 10.9 Å². The van der Waals surface area contributed by atoms with Gasteiger partial charge >= 0.3 is 0 Å². The molecular weight excluding hydrogens is 162 g/mol. The van der Waals surface area contributed by atoms with Crippen LogP contribution in [0.1, 0.15) is 43.7 Å². The molecule has 0 aliphatic carbocycles. The molecule has 0 N–H and O–H groups in total. The highest BCUT2D eigenvalue weighted by Gasteiger charge is 2.16. The van der Waals surface area contributed by atoms with Gasteiger partial charge in [0, 0.05) is 12.7 Å². The summed E-state index contributed by atoms with van der Waals surface area (Å²) in [4.78, 5) is 10.7. The van der Waals surface area contributed by atoms with E-state index >= 15 is 0 Å². The number of carbonyl (C=O) groups is 1. The quantitative estimate of drug-likeness (QED) is 0.640. The Hall–Kier alpha value is -1.05. The summed E-state index contributed by atoms with van der Waals surface area (Å²) < 4.78 is 1.98. The molecule has 0 fully saturated rings. The van der Waals surface area contributed by atoms with Crippen LogP contribution in [0.2, 0.25) is 0 Å². The summed E-state index contributed by atoms with van der Waals surface area (Å²) in [5.74, 6) is 0. The Morgan fingerprint density at radius 3 is 2.38 bits per heavy atom. The van der Waals surface area contributed by atoms with Crippen molar-refractivity contribution in [2.45, 2.75) is 39.7 Å². The van der Waals surface area contributed by atoms with Crippen LogP contribution in [0.4, 0.5) is 0 Å². The summed E-state index contributed by atoms with van der Waals surface area (Å²) in [6.07, 6.45) is 2.97. The number of aldehydes is 1. The zero-order valence-corrected chi connectivity index (χ0v) is 8.79. The second-order valence-electron chi connectivity index (χ2n) is 4.31. The SMILES string of the molecule is CCn1cc(C(C)(C)C)cc1C=O. The molecule has 1 heterocycles.